The molecule has 1 aliphatic heterocycles. The first-order chi connectivity index (χ1) is 6.52. The van der Waals surface area contributed by atoms with Gasteiger partial charge in [0.15, 0.2) is 6.23 Å². The fraction of sp³-hybridized carbons (Fsp3) is 0.833. The van der Waals surface area contributed by atoms with E-state index in [1.807, 2.05) is 0 Å². The van der Waals surface area contributed by atoms with Crippen LogP contribution in [0.5, 0.6) is 0 Å². The average Bonchev–Trinajstić information content (AvgIpc) is 2.13. The predicted molar refractivity (Wildman–Crippen MR) is 54.0 cm³/mol. The summed E-state index contributed by atoms with van der Waals surface area (Å²) in [5.41, 5.74) is 12.4. The largest absolute Gasteiger partial charge is 0.388 e. The van der Waals surface area contributed by atoms with E-state index in [0.29, 0.717) is 0 Å². The Labute approximate surface area is 92.3 Å². The second kappa shape index (κ2) is 5.93. The molecule has 0 bridgehead atoms. The lowest BCUT2D eigenvalue weighted by Crippen LogP contribution is -2.57. The van der Waals surface area contributed by atoms with Gasteiger partial charge in [0.2, 0.25) is 5.96 Å². The number of ether oxygens (including phenoxy) is 1. The average molecular weight is 243 g/mol. The van der Waals surface area contributed by atoms with Crippen molar-refractivity contribution in [3.05, 3.63) is 0 Å². The number of halogens is 1. The summed E-state index contributed by atoms with van der Waals surface area (Å²) in [5.74, 6) is -0.221. The lowest BCUT2D eigenvalue weighted by atomic mass is 10.1. The van der Waals surface area contributed by atoms with E-state index in [1.54, 1.807) is 0 Å². The van der Waals surface area contributed by atoms with E-state index in [1.165, 1.54) is 0 Å². The van der Waals surface area contributed by atoms with Crippen molar-refractivity contribution in [1.29, 1.82) is 0 Å². The Hall–Kier alpha value is -0.800. The summed E-state index contributed by atoms with van der Waals surface area (Å²) in [7, 11) is 0. The molecule has 0 saturated carbocycles. The summed E-state index contributed by atoms with van der Waals surface area (Å²) in [6.07, 6.45) is -4.62. The number of aliphatic hydroxyl groups excluding tert-OH is 3. The van der Waals surface area contributed by atoms with Gasteiger partial charge in [0.25, 0.3) is 0 Å². The minimum atomic E-state index is -1.29. The lowest BCUT2D eigenvalue weighted by Gasteiger charge is -2.34. The van der Waals surface area contributed by atoms with Crippen LogP contribution < -0.4 is 16.9 Å². The second-order valence-corrected chi connectivity index (χ2v) is 2.97. The Morgan fingerprint density at radius 1 is 1.27 bits per heavy atom. The van der Waals surface area contributed by atoms with Crippen LogP contribution in [0, 0.1) is 0 Å². The maximum atomic E-state index is 9.37. The van der Waals surface area contributed by atoms with Crippen LogP contribution in [-0.2, 0) is 4.74 Å². The van der Waals surface area contributed by atoms with E-state index in [2.05, 4.69) is 10.5 Å². The highest BCUT2D eigenvalue weighted by Gasteiger charge is 2.37. The topological polar surface area (TPSA) is 146 Å². The monoisotopic (exact) mass is 242 g/mol. The molecule has 4 atom stereocenters. The van der Waals surface area contributed by atoms with Crippen molar-refractivity contribution in [2.24, 2.45) is 16.6 Å². The molecule has 0 unspecified atom stereocenters. The van der Waals surface area contributed by atoms with Crippen LogP contribution in [-0.4, -0.2) is 52.4 Å². The highest BCUT2D eigenvalue weighted by atomic mass is 35.5. The summed E-state index contributed by atoms with van der Waals surface area (Å²) in [6.45, 7) is -0.101. The summed E-state index contributed by atoms with van der Waals surface area (Å²) >= 11 is 0. The van der Waals surface area contributed by atoms with Gasteiger partial charge in [-0.15, -0.1) is 17.5 Å². The molecule has 8 nitrogen and oxygen atoms in total. The van der Waals surface area contributed by atoms with Gasteiger partial charge in [0.1, 0.15) is 18.3 Å². The van der Waals surface area contributed by atoms with Gasteiger partial charge in [-0.2, -0.15) is 0 Å². The SMILES string of the molecule is Cl.NC(N)=NN[C@@H]1OC[C@@H](O)[C@@H](O)[C@@H]1O. The number of nitrogens with two attached hydrogens (primary N) is 2. The molecule has 0 aromatic heterocycles. The first-order valence-electron chi connectivity index (χ1n) is 4.02. The van der Waals surface area contributed by atoms with Gasteiger partial charge in [-0.1, -0.05) is 0 Å². The lowest BCUT2D eigenvalue weighted by molar-refractivity contribution is -0.195. The summed E-state index contributed by atoms with van der Waals surface area (Å²) < 4.78 is 4.93. The molecule has 0 aliphatic carbocycles. The van der Waals surface area contributed by atoms with Crippen molar-refractivity contribution < 1.29 is 20.1 Å². The fourth-order valence-corrected chi connectivity index (χ4v) is 1.06. The molecule has 1 heterocycles. The van der Waals surface area contributed by atoms with Crippen LogP contribution in [0.25, 0.3) is 0 Å². The molecule has 1 rings (SSSR count). The molecule has 90 valence electrons. The van der Waals surface area contributed by atoms with E-state index in [4.69, 9.17) is 21.3 Å². The molecule has 0 spiro atoms. The highest BCUT2D eigenvalue weighted by Crippen LogP contribution is 2.13. The number of nitrogens with zero attached hydrogens (tertiary/aromatic N) is 1. The zero-order chi connectivity index (χ0) is 10.7. The van der Waals surface area contributed by atoms with E-state index < -0.39 is 24.5 Å². The van der Waals surface area contributed by atoms with Crippen molar-refractivity contribution in [3.63, 3.8) is 0 Å². The Kier molecular flexibility index (Phi) is 5.61. The Morgan fingerprint density at radius 3 is 2.40 bits per heavy atom. The van der Waals surface area contributed by atoms with Crippen molar-refractivity contribution in [3.8, 4) is 0 Å². The zero-order valence-corrected chi connectivity index (χ0v) is 8.59. The molecular weight excluding hydrogens is 228 g/mol. The quantitative estimate of drug-likeness (QED) is 0.168. The smallest absolute Gasteiger partial charge is 0.208 e. The van der Waals surface area contributed by atoms with Gasteiger partial charge < -0.3 is 31.5 Å². The molecule has 8 N–H and O–H groups in total. The number of aliphatic hydroxyl groups is 3. The van der Waals surface area contributed by atoms with Crippen molar-refractivity contribution in [2.45, 2.75) is 24.5 Å². The standard InChI is InChI=1S/C6H14N4O4.ClH/c7-6(8)10-9-5-4(13)3(12)2(11)1-14-5;/h2-5,9,11-13H,1H2,(H4,7,8,10);1H/t2-,3-,4+,5-;/m1./s1. The van der Waals surface area contributed by atoms with Crippen LogP contribution in [0.1, 0.15) is 0 Å². The third-order valence-electron chi connectivity index (χ3n) is 1.82. The van der Waals surface area contributed by atoms with Gasteiger partial charge in [0.05, 0.1) is 6.61 Å². The molecule has 15 heavy (non-hydrogen) atoms. The number of guanidine groups is 1. The number of hydrogen-bond acceptors (Lipinski definition) is 6. The molecule has 0 aromatic rings. The van der Waals surface area contributed by atoms with Crippen LogP contribution in [0.15, 0.2) is 5.10 Å². The zero-order valence-electron chi connectivity index (χ0n) is 7.78. The van der Waals surface area contributed by atoms with Crippen molar-refractivity contribution >= 4 is 18.4 Å². The third kappa shape index (κ3) is 3.68. The maximum Gasteiger partial charge on any atom is 0.208 e. The van der Waals surface area contributed by atoms with Gasteiger partial charge >= 0.3 is 0 Å². The molecule has 1 aliphatic rings. The van der Waals surface area contributed by atoms with E-state index >= 15 is 0 Å². The fourth-order valence-electron chi connectivity index (χ4n) is 1.06. The molecule has 0 amide bonds. The van der Waals surface area contributed by atoms with Crippen LogP contribution in [0.3, 0.4) is 0 Å². The normalized spacial score (nSPS) is 35.1. The van der Waals surface area contributed by atoms with Crippen LogP contribution >= 0.6 is 12.4 Å². The van der Waals surface area contributed by atoms with Crippen LogP contribution in [0.2, 0.25) is 0 Å². The molecule has 9 heteroatoms. The highest BCUT2D eigenvalue weighted by molar-refractivity contribution is 5.85. The Balaban J connectivity index is 0.00000196. The number of rotatable bonds is 2. The predicted octanol–water partition coefficient (Wildman–Crippen LogP) is -3.37. The Bertz CT molecular complexity index is 225. The van der Waals surface area contributed by atoms with E-state index in [9.17, 15) is 10.2 Å². The van der Waals surface area contributed by atoms with E-state index in [-0.39, 0.29) is 25.0 Å². The van der Waals surface area contributed by atoms with Gasteiger partial charge in [-0.05, 0) is 0 Å². The molecule has 0 radical (unpaired) electrons. The molecular formula is C6H15ClN4O4. The second-order valence-electron chi connectivity index (χ2n) is 2.97. The van der Waals surface area contributed by atoms with Crippen LogP contribution in [0.4, 0.5) is 0 Å². The Morgan fingerprint density at radius 2 is 1.87 bits per heavy atom. The minimum Gasteiger partial charge on any atom is -0.388 e. The first kappa shape index (κ1) is 14.2. The third-order valence-corrected chi connectivity index (χ3v) is 1.82. The number of nitrogens with one attached hydrogen (secondary N) is 1. The van der Waals surface area contributed by atoms with Gasteiger partial charge in [0, 0.05) is 0 Å². The van der Waals surface area contributed by atoms with Gasteiger partial charge in [-0.3, -0.25) is 5.43 Å². The maximum absolute atomic E-state index is 9.37. The minimum absolute atomic E-state index is 0. The van der Waals surface area contributed by atoms with Crippen molar-refractivity contribution in [1.82, 2.24) is 5.43 Å². The summed E-state index contributed by atoms with van der Waals surface area (Å²) in [4.78, 5) is 0. The first-order valence-corrected chi connectivity index (χ1v) is 4.02. The summed E-state index contributed by atoms with van der Waals surface area (Å²) in [5, 5.41) is 31.1. The van der Waals surface area contributed by atoms with E-state index in [0.717, 1.165) is 0 Å². The number of hydrogen-bond donors (Lipinski definition) is 6. The molecule has 1 saturated heterocycles. The van der Waals surface area contributed by atoms with Crippen molar-refractivity contribution in [2.75, 3.05) is 6.61 Å². The molecule has 0 aromatic carbocycles. The molecule has 1 fully saturated rings. The number of hydrazone groups is 1. The van der Waals surface area contributed by atoms with Gasteiger partial charge in [-0.25, -0.2) is 0 Å². The summed E-state index contributed by atoms with van der Waals surface area (Å²) in [6, 6.07) is 0.